The second-order valence-electron chi connectivity index (χ2n) is 7.30. The first kappa shape index (κ1) is 18.8. The quantitative estimate of drug-likeness (QED) is 0.396. The fourth-order valence-corrected chi connectivity index (χ4v) is 3.92. The second kappa shape index (κ2) is 7.88. The van der Waals surface area contributed by atoms with Crippen LogP contribution in [0.5, 0.6) is 0 Å². The lowest BCUT2D eigenvalue weighted by Crippen LogP contribution is -2.37. The summed E-state index contributed by atoms with van der Waals surface area (Å²) in [6.45, 7) is -0.104. The molecule has 31 heavy (non-hydrogen) atoms. The Kier molecular flexibility index (Phi) is 4.77. The lowest BCUT2D eigenvalue weighted by molar-refractivity contribution is -0.119. The number of rotatable bonds is 5. The maximum Gasteiger partial charge on any atom is 0.260 e. The Morgan fingerprint density at radius 3 is 2.03 bits per heavy atom. The van der Waals surface area contributed by atoms with E-state index in [-0.39, 0.29) is 18.4 Å². The van der Waals surface area contributed by atoms with Crippen LogP contribution in [-0.4, -0.2) is 24.1 Å². The molecule has 4 aromatic rings. The lowest BCUT2D eigenvalue weighted by Gasteiger charge is -2.16. The first-order valence-electron chi connectivity index (χ1n) is 10.0. The number of nitrogens with one attached hydrogen (secondary N) is 1. The van der Waals surface area contributed by atoms with Gasteiger partial charge in [0.1, 0.15) is 6.54 Å². The molecule has 5 heteroatoms. The van der Waals surface area contributed by atoms with Crippen LogP contribution in [0.3, 0.4) is 0 Å². The minimum atomic E-state index is -0.359. The van der Waals surface area contributed by atoms with Crippen molar-refractivity contribution in [1.82, 2.24) is 5.43 Å². The van der Waals surface area contributed by atoms with E-state index in [1.54, 1.807) is 6.07 Å². The van der Waals surface area contributed by atoms with E-state index in [9.17, 15) is 9.59 Å². The Morgan fingerprint density at radius 2 is 1.39 bits per heavy atom. The Hall–Kier alpha value is -4.25. The summed E-state index contributed by atoms with van der Waals surface area (Å²) in [5.74, 6) is -0.528. The molecule has 0 unspecified atom stereocenters. The summed E-state index contributed by atoms with van der Waals surface area (Å²) < 4.78 is 0. The maximum absolute atomic E-state index is 12.9. The van der Waals surface area contributed by atoms with Crippen molar-refractivity contribution in [3.63, 3.8) is 0 Å². The number of hydrogen-bond donors (Lipinski definition) is 1. The van der Waals surface area contributed by atoms with Gasteiger partial charge >= 0.3 is 0 Å². The van der Waals surface area contributed by atoms with Crippen LogP contribution in [0.15, 0.2) is 102 Å². The molecule has 1 aliphatic heterocycles. The van der Waals surface area contributed by atoms with Crippen molar-refractivity contribution in [3.05, 3.63) is 114 Å². The van der Waals surface area contributed by atoms with Crippen LogP contribution in [0.4, 0.5) is 5.69 Å². The summed E-state index contributed by atoms with van der Waals surface area (Å²) in [4.78, 5) is 27.2. The van der Waals surface area contributed by atoms with Crippen LogP contribution in [0.2, 0.25) is 0 Å². The average Bonchev–Trinajstić information content (AvgIpc) is 3.09. The minimum Gasteiger partial charge on any atom is -0.298 e. The van der Waals surface area contributed by atoms with Crippen LogP contribution in [0.25, 0.3) is 10.8 Å². The van der Waals surface area contributed by atoms with Gasteiger partial charge < -0.3 is 0 Å². The van der Waals surface area contributed by atoms with E-state index in [4.69, 9.17) is 0 Å². The van der Waals surface area contributed by atoms with Crippen LogP contribution in [-0.2, 0) is 4.79 Å². The van der Waals surface area contributed by atoms with Crippen LogP contribution in [0, 0.1) is 0 Å². The number of carbonyl (C=O) groups excluding carboxylic acids is 2. The highest BCUT2D eigenvalue weighted by Gasteiger charge is 2.30. The molecule has 0 atom stereocenters. The topological polar surface area (TPSA) is 61.8 Å². The van der Waals surface area contributed by atoms with Crippen LogP contribution >= 0.6 is 0 Å². The molecule has 0 spiro atoms. The highest BCUT2D eigenvalue weighted by molar-refractivity contribution is 6.26. The van der Waals surface area contributed by atoms with Crippen molar-refractivity contribution in [2.24, 2.45) is 5.10 Å². The predicted octanol–water partition coefficient (Wildman–Crippen LogP) is 4.37. The van der Waals surface area contributed by atoms with E-state index in [1.165, 1.54) is 4.90 Å². The smallest absolute Gasteiger partial charge is 0.260 e. The van der Waals surface area contributed by atoms with Gasteiger partial charge in [-0.25, -0.2) is 5.43 Å². The average molecular weight is 405 g/mol. The van der Waals surface area contributed by atoms with Crippen molar-refractivity contribution < 1.29 is 9.59 Å². The molecule has 0 saturated heterocycles. The molecule has 5 rings (SSSR count). The molecule has 0 saturated carbocycles. The van der Waals surface area contributed by atoms with E-state index < -0.39 is 0 Å². The van der Waals surface area contributed by atoms with Crippen molar-refractivity contribution in [2.45, 2.75) is 0 Å². The SMILES string of the molecule is O=C(CN1C(=O)c2cccc3cccc1c23)NN=C(c1ccccc1)c1ccccc1. The molecule has 0 radical (unpaired) electrons. The number of hydrogen-bond acceptors (Lipinski definition) is 3. The van der Waals surface area contributed by atoms with Crippen molar-refractivity contribution >= 4 is 34.0 Å². The molecule has 1 heterocycles. The van der Waals surface area contributed by atoms with Gasteiger partial charge in [-0.05, 0) is 17.5 Å². The largest absolute Gasteiger partial charge is 0.298 e. The Balaban J connectivity index is 1.41. The third kappa shape index (κ3) is 3.46. The van der Waals surface area contributed by atoms with E-state index >= 15 is 0 Å². The monoisotopic (exact) mass is 405 g/mol. The van der Waals surface area contributed by atoms with Gasteiger partial charge in [0.2, 0.25) is 0 Å². The van der Waals surface area contributed by atoms with Gasteiger partial charge in [-0.3, -0.25) is 14.5 Å². The molecule has 150 valence electrons. The number of amides is 2. The van der Waals surface area contributed by atoms with Gasteiger partial charge in [-0.1, -0.05) is 84.9 Å². The molecular weight excluding hydrogens is 386 g/mol. The molecule has 1 N–H and O–H groups in total. The van der Waals surface area contributed by atoms with E-state index in [0.29, 0.717) is 11.3 Å². The molecular formula is C26H19N3O2. The van der Waals surface area contributed by atoms with Gasteiger partial charge in [-0.15, -0.1) is 0 Å². The Bertz CT molecular complexity index is 1270. The molecule has 0 bridgehead atoms. The van der Waals surface area contributed by atoms with Gasteiger partial charge in [0.15, 0.2) is 0 Å². The molecule has 0 aromatic heterocycles. The molecule has 2 amide bonds. The Morgan fingerprint density at radius 1 is 0.774 bits per heavy atom. The summed E-state index contributed by atoms with van der Waals surface area (Å²) >= 11 is 0. The van der Waals surface area contributed by atoms with Crippen molar-refractivity contribution in [2.75, 3.05) is 11.4 Å². The van der Waals surface area contributed by atoms with Gasteiger partial charge in [0, 0.05) is 22.1 Å². The summed E-state index contributed by atoms with van der Waals surface area (Å²) in [5.41, 5.74) is 6.46. The minimum absolute atomic E-state index is 0.104. The zero-order valence-electron chi connectivity index (χ0n) is 16.7. The molecule has 5 nitrogen and oxygen atoms in total. The summed E-state index contributed by atoms with van der Waals surface area (Å²) in [7, 11) is 0. The molecule has 4 aromatic carbocycles. The van der Waals surface area contributed by atoms with Gasteiger partial charge in [0.25, 0.3) is 11.8 Å². The predicted molar refractivity (Wildman–Crippen MR) is 122 cm³/mol. The summed E-state index contributed by atoms with van der Waals surface area (Å²) in [6.07, 6.45) is 0. The van der Waals surface area contributed by atoms with Gasteiger partial charge in [-0.2, -0.15) is 5.10 Å². The van der Waals surface area contributed by atoms with E-state index in [1.807, 2.05) is 91.0 Å². The summed E-state index contributed by atoms with van der Waals surface area (Å²) in [5, 5.41) is 6.28. The summed E-state index contributed by atoms with van der Waals surface area (Å²) in [6, 6.07) is 30.7. The third-order valence-corrected chi connectivity index (χ3v) is 5.34. The van der Waals surface area contributed by atoms with Crippen molar-refractivity contribution in [1.29, 1.82) is 0 Å². The first-order valence-corrected chi connectivity index (χ1v) is 10.0. The Labute approximate surface area is 179 Å². The fraction of sp³-hybridized carbons (Fsp3) is 0.0385. The van der Waals surface area contributed by atoms with E-state index in [0.717, 1.165) is 27.6 Å². The molecule has 1 aliphatic rings. The van der Waals surface area contributed by atoms with Crippen LogP contribution in [0.1, 0.15) is 21.5 Å². The zero-order valence-corrected chi connectivity index (χ0v) is 16.7. The first-order chi connectivity index (χ1) is 15.2. The zero-order chi connectivity index (χ0) is 21.2. The maximum atomic E-state index is 12.9. The molecule has 0 fully saturated rings. The standard InChI is InChI=1S/C26H19N3O2/c30-23(17-29-22-16-8-14-18-13-7-15-21(24(18)22)26(29)31)27-28-25(19-9-3-1-4-10-19)20-11-5-2-6-12-20/h1-16H,17H2,(H,27,30). The number of benzene rings is 4. The lowest BCUT2D eigenvalue weighted by atomic mass is 10.0. The highest BCUT2D eigenvalue weighted by Crippen LogP contribution is 2.36. The number of hydrazone groups is 1. The van der Waals surface area contributed by atoms with E-state index in [2.05, 4.69) is 10.5 Å². The van der Waals surface area contributed by atoms with Gasteiger partial charge in [0.05, 0.1) is 11.4 Å². The number of anilines is 1. The highest BCUT2D eigenvalue weighted by atomic mass is 16.2. The fourth-order valence-electron chi connectivity index (χ4n) is 3.92. The third-order valence-electron chi connectivity index (χ3n) is 5.34. The molecule has 0 aliphatic carbocycles. The number of nitrogens with zero attached hydrogens (tertiary/aromatic N) is 2. The second-order valence-corrected chi connectivity index (χ2v) is 7.30. The normalized spacial score (nSPS) is 12.1. The number of carbonyl (C=O) groups is 2. The van der Waals surface area contributed by atoms with Crippen molar-refractivity contribution in [3.8, 4) is 0 Å². The van der Waals surface area contributed by atoms with Crippen LogP contribution < -0.4 is 10.3 Å².